The van der Waals surface area contributed by atoms with Gasteiger partial charge in [0, 0.05) is 11.3 Å². The lowest BCUT2D eigenvalue weighted by atomic mass is 10.1. The van der Waals surface area contributed by atoms with Crippen LogP contribution in [0.15, 0.2) is 29.8 Å². The second-order valence-electron chi connectivity index (χ2n) is 5.63. The average Bonchev–Trinajstić information content (AvgIpc) is 2.79. The Labute approximate surface area is 138 Å². The summed E-state index contributed by atoms with van der Waals surface area (Å²) in [5, 5.41) is 8.60. The van der Waals surface area contributed by atoms with Crippen LogP contribution in [0.3, 0.4) is 0 Å². The Hall–Kier alpha value is -3.22. The highest BCUT2D eigenvalue weighted by Gasteiger charge is 2.28. The Morgan fingerprint density at radius 3 is 2.12 bits per heavy atom. The van der Waals surface area contributed by atoms with E-state index in [-0.39, 0.29) is 5.57 Å². The van der Waals surface area contributed by atoms with Crippen molar-refractivity contribution in [3.8, 4) is 5.69 Å². The number of hydrogen-bond acceptors (Lipinski definition) is 4. The third kappa shape index (κ3) is 2.71. The van der Waals surface area contributed by atoms with Gasteiger partial charge in [0.15, 0.2) is 0 Å². The number of benzene rings is 1. The van der Waals surface area contributed by atoms with Gasteiger partial charge in [-0.3, -0.25) is 20.2 Å². The summed E-state index contributed by atoms with van der Waals surface area (Å²) in [5.74, 6) is -1.43. The number of urea groups is 1. The van der Waals surface area contributed by atoms with Gasteiger partial charge in [0.1, 0.15) is 5.57 Å². The van der Waals surface area contributed by atoms with Crippen molar-refractivity contribution >= 4 is 23.9 Å². The van der Waals surface area contributed by atoms with Gasteiger partial charge < -0.3 is 0 Å². The third-order valence-corrected chi connectivity index (χ3v) is 3.86. The molecule has 2 heterocycles. The van der Waals surface area contributed by atoms with Gasteiger partial charge in [0.25, 0.3) is 11.8 Å². The maximum absolute atomic E-state index is 11.9. The van der Waals surface area contributed by atoms with Crippen LogP contribution in [-0.2, 0) is 9.59 Å². The van der Waals surface area contributed by atoms with Gasteiger partial charge in [-0.25, -0.2) is 9.48 Å². The molecule has 0 radical (unpaired) electrons. The fourth-order valence-electron chi connectivity index (χ4n) is 2.55. The first-order chi connectivity index (χ1) is 11.4. The van der Waals surface area contributed by atoms with E-state index in [9.17, 15) is 14.4 Å². The van der Waals surface area contributed by atoms with Crippen LogP contribution in [0.5, 0.6) is 0 Å². The van der Waals surface area contributed by atoms with Gasteiger partial charge in [-0.1, -0.05) is 17.7 Å². The monoisotopic (exact) mass is 324 g/mol. The van der Waals surface area contributed by atoms with Crippen LogP contribution in [0, 0.1) is 20.8 Å². The Morgan fingerprint density at radius 2 is 1.54 bits per heavy atom. The highest BCUT2D eigenvalue weighted by atomic mass is 16.2. The number of aromatic nitrogens is 2. The Morgan fingerprint density at radius 1 is 0.958 bits per heavy atom. The molecule has 0 unspecified atom stereocenters. The predicted molar refractivity (Wildman–Crippen MR) is 87.4 cm³/mol. The Kier molecular flexibility index (Phi) is 3.76. The number of nitrogens with zero attached hydrogens (tertiary/aromatic N) is 2. The minimum absolute atomic E-state index is 0.121. The fourth-order valence-corrected chi connectivity index (χ4v) is 2.55. The van der Waals surface area contributed by atoms with Crippen molar-refractivity contribution in [3.63, 3.8) is 0 Å². The summed E-state index contributed by atoms with van der Waals surface area (Å²) in [4.78, 5) is 34.9. The molecule has 3 rings (SSSR count). The van der Waals surface area contributed by atoms with Crippen LogP contribution >= 0.6 is 0 Å². The molecule has 24 heavy (non-hydrogen) atoms. The first kappa shape index (κ1) is 15.7. The summed E-state index contributed by atoms with van der Waals surface area (Å²) in [6.07, 6.45) is 1.46. The minimum atomic E-state index is -0.814. The van der Waals surface area contributed by atoms with Crippen molar-refractivity contribution < 1.29 is 14.4 Å². The number of carbonyl (C=O) groups excluding carboxylic acids is 3. The van der Waals surface area contributed by atoms with Gasteiger partial charge in [-0.15, -0.1) is 0 Å². The summed E-state index contributed by atoms with van der Waals surface area (Å²) in [6, 6.07) is 7.05. The van der Waals surface area contributed by atoms with E-state index in [2.05, 4.69) is 15.7 Å². The third-order valence-electron chi connectivity index (χ3n) is 3.86. The first-order valence-corrected chi connectivity index (χ1v) is 7.38. The van der Waals surface area contributed by atoms with Crippen molar-refractivity contribution in [2.24, 2.45) is 0 Å². The zero-order valence-electron chi connectivity index (χ0n) is 13.5. The lowest BCUT2D eigenvalue weighted by molar-refractivity contribution is -0.123. The van der Waals surface area contributed by atoms with Gasteiger partial charge in [0.05, 0.1) is 11.4 Å². The number of amides is 4. The molecule has 0 atom stereocenters. The van der Waals surface area contributed by atoms with Gasteiger partial charge in [-0.05, 0) is 39.0 Å². The summed E-state index contributed by atoms with van der Waals surface area (Å²) in [5.41, 5.74) is 4.05. The molecule has 1 aliphatic heterocycles. The van der Waals surface area contributed by atoms with Crippen LogP contribution in [-0.4, -0.2) is 27.6 Å². The van der Waals surface area contributed by atoms with E-state index >= 15 is 0 Å². The van der Waals surface area contributed by atoms with E-state index in [1.165, 1.54) is 6.08 Å². The van der Waals surface area contributed by atoms with Crippen LogP contribution < -0.4 is 10.6 Å². The summed E-state index contributed by atoms with van der Waals surface area (Å²) >= 11 is 0. The van der Waals surface area contributed by atoms with Crippen molar-refractivity contribution in [1.82, 2.24) is 20.4 Å². The van der Waals surface area contributed by atoms with Crippen molar-refractivity contribution in [2.45, 2.75) is 20.8 Å². The van der Waals surface area contributed by atoms with Crippen molar-refractivity contribution in [3.05, 3.63) is 52.4 Å². The van der Waals surface area contributed by atoms with Crippen LogP contribution in [0.2, 0.25) is 0 Å². The molecule has 0 spiro atoms. The van der Waals surface area contributed by atoms with Gasteiger partial charge in [-0.2, -0.15) is 5.10 Å². The standard InChI is InChI=1S/C17H16N4O3/c1-9-4-6-12(7-5-9)21-11(3)13(10(2)20-21)8-14-15(22)18-17(24)19-16(14)23/h4-8H,1-3H3,(H2,18,19,22,23,24). The Balaban J connectivity index is 2.05. The smallest absolute Gasteiger partial charge is 0.273 e. The summed E-state index contributed by atoms with van der Waals surface area (Å²) in [7, 11) is 0. The largest absolute Gasteiger partial charge is 0.328 e. The van der Waals surface area contributed by atoms with Crippen LogP contribution in [0.4, 0.5) is 4.79 Å². The summed E-state index contributed by atoms with van der Waals surface area (Å²) < 4.78 is 1.75. The molecule has 1 aromatic heterocycles. The van der Waals surface area contributed by atoms with E-state index in [4.69, 9.17) is 0 Å². The lowest BCUT2D eigenvalue weighted by Gasteiger charge is -2.13. The second kappa shape index (κ2) is 5.77. The van der Waals surface area contributed by atoms with Gasteiger partial charge >= 0.3 is 6.03 Å². The van der Waals surface area contributed by atoms with Crippen LogP contribution in [0.1, 0.15) is 22.5 Å². The van der Waals surface area contributed by atoms with Crippen molar-refractivity contribution in [1.29, 1.82) is 0 Å². The van der Waals surface area contributed by atoms with Crippen molar-refractivity contribution in [2.75, 3.05) is 0 Å². The molecule has 0 aliphatic carbocycles. The molecule has 7 nitrogen and oxygen atoms in total. The number of aryl methyl sites for hydroxylation is 2. The fraction of sp³-hybridized carbons (Fsp3) is 0.176. The first-order valence-electron chi connectivity index (χ1n) is 7.38. The maximum atomic E-state index is 11.9. The van der Waals surface area contributed by atoms with Crippen LogP contribution in [0.25, 0.3) is 11.8 Å². The molecule has 2 N–H and O–H groups in total. The zero-order valence-corrected chi connectivity index (χ0v) is 13.5. The van der Waals surface area contributed by atoms with E-state index in [1.807, 2.05) is 38.1 Å². The normalized spacial score (nSPS) is 14.5. The number of hydrogen-bond donors (Lipinski definition) is 2. The molecule has 0 saturated carbocycles. The minimum Gasteiger partial charge on any atom is -0.273 e. The number of barbiturate groups is 1. The molecule has 4 amide bonds. The molecule has 1 aromatic carbocycles. The average molecular weight is 324 g/mol. The van der Waals surface area contributed by atoms with E-state index in [0.717, 1.165) is 16.9 Å². The predicted octanol–water partition coefficient (Wildman–Crippen LogP) is 1.55. The number of carbonyl (C=O) groups is 3. The Bertz CT molecular complexity index is 869. The number of rotatable bonds is 2. The van der Waals surface area contributed by atoms with E-state index in [1.54, 1.807) is 11.6 Å². The quantitative estimate of drug-likeness (QED) is 0.647. The molecule has 0 bridgehead atoms. The molecule has 1 aliphatic rings. The number of nitrogens with one attached hydrogen (secondary N) is 2. The molecule has 122 valence electrons. The lowest BCUT2D eigenvalue weighted by Crippen LogP contribution is -2.51. The molecular formula is C17H16N4O3. The molecule has 2 aromatic rings. The highest BCUT2D eigenvalue weighted by Crippen LogP contribution is 2.21. The van der Waals surface area contributed by atoms with E-state index in [0.29, 0.717) is 11.3 Å². The maximum Gasteiger partial charge on any atom is 0.328 e. The number of imide groups is 2. The van der Waals surface area contributed by atoms with Gasteiger partial charge in [0.2, 0.25) is 0 Å². The highest BCUT2D eigenvalue weighted by molar-refractivity contribution is 6.31. The summed E-state index contributed by atoms with van der Waals surface area (Å²) in [6.45, 7) is 5.66. The molecule has 1 fully saturated rings. The van der Waals surface area contributed by atoms with E-state index < -0.39 is 17.8 Å². The molecule has 1 saturated heterocycles. The topological polar surface area (TPSA) is 93.1 Å². The zero-order chi connectivity index (χ0) is 17.4. The molecule has 7 heteroatoms. The second-order valence-corrected chi connectivity index (χ2v) is 5.63. The molecular weight excluding hydrogens is 308 g/mol. The SMILES string of the molecule is Cc1ccc(-n2nc(C)c(C=C3C(=O)NC(=O)NC3=O)c2C)cc1.